The van der Waals surface area contributed by atoms with E-state index >= 15 is 0 Å². The van der Waals surface area contributed by atoms with E-state index in [1.165, 1.54) is 0 Å². The molecule has 1 atom stereocenters. The summed E-state index contributed by atoms with van der Waals surface area (Å²) in [6, 6.07) is 16.3. The molecule has 2 aromatic carbocycles. The van der Waals surface area contributed by atoms with Crippen molar-refractivity contribution in [3.63, 3.8) is 0 Å². The quantitative estimate of drug-likeness (QED) is 0.704. The first kappa shape index (κ1) is 18.7. The Balaban J connectivity index is 1.53. The molecule has 146 valence electrons. The topological polar surface area (TPSA) is 95.0 Å². The number of amides is 2. The predicted molar refractivity (Wildman–Crippen MR) is 108 cm³/mol. The fourth-order valence-corrected chi connectivity index (χ4v) is 3.53. The third-order valence-electron chi connectivity index (χ3n) is 5.03. The van der Waals surface area contributed by atoms with E-state index in [0.29, 0.717) is 29.5 Å². The van der Waals surface area contributed by atoms with Gasteiger partial charge >= 0.3 is 6.03 Å². The van der Waals surface area contributed by atoms with Crippen LogP contribution in [0.5, 0.6) is 0 Å². The molecule has 0 aliphatic carbocycles. The van der Waals surface area contributed by atoms with Crippen LogP contribution >= 0.6 is 0 Å². The van der Waals surface area contributed by atoms with Crippen LogP contribution in [0.4, 0.5) is 10.5 Å². The second-order valence-corrected chi connectivity index (χ2v) is 7.15. The van der Waals surface area contributed by atoms with Gasteiger partial charge in [-0.3, -0.25) is 0 Å². The maximum absolute atomic E-state index is 12.9. The Kier molecular flexibility index (Phi) is 5.25. The number of hydrogen-bond donors (Lipinski definition) is 1. The zero-order chi connectivity index (χ0) is 20.2. The molecule has 1 aliphatic heterocycles. The number of piperidine rings is 1. The Morgan fingerprint density at radius 3 is 2.83 bits per heavy atom. The van der Waals surface area contributed by atoms with Crippen molar-refractivity contribution < 1.29 is 9.32 Å². The summed E-state index contributed by atoms with van der Waals surface area (Å²) < 4.78 is 5.54. The second-order valence-electron chi connectivity index (χ2n) is 7.15. The number of urea groups is 1. The summed E-state index contributed by atoms with van der Waals surface area (Å²) >= 11 is 0. The van der Waals surface area contributed by atoms with Crippen LogP contribution in [0.15, 0.2) is 53.1 Å². The molecule has 0 bridgehead atoms. The summed E-state index contributed by atoms with van der Waals surface area (Å²) in [5.74, 6) is 0.984. The summed E-state index contributed by atoms with van der Waals surface area (Å²) in [6.07, 6.45) is 2.69. The number of carbonyl (C=O) groups excluding carboxylic acids is 1. The van der Waals surface area contributed by atoms with Crippen molar-refractivity contribution in [3.8, 4) is 17.5 Å². The van der Waals surface area contributed by atoms with Gasteiger partial charge in [0.05, 0.1) is 11.6 Å². The number of aryl methyl sites for hydroxylation is 1. The monoisotopic (exact) mass is 387 g/mol. The standard InChI is InChI=1S/C22H21N5O2/c1-15-5-4-6-17(13-15)20-25-21(29-26-20)19-7-2-3-12-27(19)22(28)24-18-10-8-16(14-23)9-11-18/h4-6,8-11,13,19H,2-3,7,12H2,1H3,(H,24,28)/t19-/m0/s1. The molecule has 1 saturated heterocycles. The molecule has 0 radical (unpaired) electrons. The minimum absolute atomic E-state index is 0.213. The van der Waals surface area contributed by atoms with Gasteiger partial charge in [-0.2, -0.15) is 10.2 Å². The van der Waals surface area contributed by atoms with Crippen LogP contribution in [0.1, 0.15) is 42.3 Å². The molecule has 2 amide bonds. The number of rotatable bonds is 3. The number of likely N-dealkylation sites (tertiary alicyclic amines) is 1. The fraction of sp³-hybridized carbons (Fsp3) is 0.273. The molecule has 0 unspecified atom stereocenters. The van der Waals surface area contributed by atoms with Crippen LogP contribution in [-0.2, 0) is 0 Å². The van der Waals surface area contributed by atoms with E-state index in [0.717, 1.165) is 30.4 Å². The van der Waals surface area contributed by atoms with Crippen molar-refractivity contribution in [3.05, 3.63) is 65.5 Å². The van der Waals surface area contributed by atoms with E-state index in [4.69, 9.17) is 9.78 Å². The van der Waals surface area contributed by atoms with E-state index in [9.17, 15) is 4.79 Å². The molecule has 0 saturated carbocycles. The first-order valence-corrected chi connectivity index (χ1v) is 9.62. The lowest BCUT2D eigenvalue weighted by atomic mass is 10.0. The minimum Gasteiger partial charge on any atom is -0.337 e. The molecule has 7 nitrogen and oxygen atoms in total. The van der Waals surface area contributed by atoms with Crippen molar-refractivity contribution >= 4 is 11.7 Å². The van der Waals surface area contributed by atoms with Crippen LogP contribution in [0.2, 0.25) is 0 Å². The highest BCUT2D eigenvalue weighted by Gasteiger charge is 2.32. The molecule has 3 aromatic rings. The number of nitrogens with one attached hydrogen (secondary N) is 1. The van der Waals surface area contributed by atoms with Crippen molar-refractivity contribution in [2.24, 2.45) is 0 Å². The lowest BCUT2D eigenvalue weighted by Gasteiger charge is -2.33. The Morgan fingerprint density at radius 2 is 2.07 bits per heavy atom. The third-order valence-corrected chi connectivity index (χ3v) is 5.03. The van der Waals surface area contributed by atoms with E-state index in [1.807, 2.05) is 31.2 Å². The average molecular weight is 387 g/mol. The second kappa shape index (κ2) is 8.15. The van der Waals surface area contributed by atoms with E-state index in [-0.39, 0.29) is 12.1 Å². The normalized spacial score (nSPS) is 16.3. The first-order chi connectivity index (χ1) is 14.1. The molecule has 2 heterocycles. The summed E-state index contributed by atoms with van der Waals surface area (Å²) in [4.78, 5) is 19.2. The molecule has 0 spiro atoms. The van der Waals surface area contributed by atoms with E-state index in [1.54, 1.807) is 29.2 Å². The van der Waals surface area contributed by atoms with Crippen LogP contribution in [0.3, 0.4) is 0 Å². The number of benzene rings is 2. The lowest BCUT2D eigenvalue weighted by molar-refractivity contribution is 0.142. The maximum Gasteiger partial charge on any atom is 0.322 e. The molecule has 1 aliphatic rings. The number of anilines is 1. The van der Waals surface area contributed by atoms with Crippen LogP contribution in [-0.4, -0.2) is 27.6 Å². The van der Waals surface area contributed by atoms with Crippen LogP contribution < -0.4 is 5.32 Å². The third kappa shape index (κ3) is 4.11. The molecule has 7 heteroatoms. The maximum atomic E-state index is 12.9. The zero-order valence-corrected chi connectivity index (χ0v) is 16.1. The van der Waals surface area contributed by atoms with E-state index < -0.39 is 0 Å². The highest BCUT2D eigenvalue weighted by atomic mass is 16.5. The van der Waals surface area contributed by atoms with Gasteiger partial charge in [-0.15, -0.1) is 0 Å². The smallest absolute Gasteiger partial charge is 0.322 e. The van der Waals surface area contributed by atoms with Gasteiger partial charge in [-0.1, -0.05) is 28.9 Å². The number of hydrogen-bond acceptors (Lipinski definition) is 5. The SMILES string of the molecule is Cc1cccc(-c2noc([C@@H]3CCCCN3C(=O)Nc3ccc(C#N)cc3)n2)c1. The molecule has 1 N–H and O–H groups in total. The Hall–Kier alpha value is -3.66. The minimum atomic E-state index is -0.256. The first-order valence-electron chi connectivity index (χ1n) is 9.62. The van der Waals surface area contributed by atoms with Gasteiger partial charge in [-0.25, -0.2) is 4.79 Å². The van der Waals surface area contributed by atoms with Gasteiger partial charge in [0, 0.05) is 17.8 Å². The summed E-state index contributed by atoms with van der Waals surface area (Å²) in [5.41, 5.74) is 3.21. The van der Waals surface area contributed by atoms with Gasteiger partial charge in [0.25, 0.3) is 0 Å². The largest absolute Gasteiger partial charge is 0.337 e. The average Bonchev–Trinajstić information content (AvgIpc) is 3.24. The van der Waals surface area contributed by atoms with Crippen LogP contribution in [0, 0.1) is 18.3 Å². The van der Waals surface area contributed by atoms with Gasteiger partial charge in [0.1, 0.15) is 6.04 Å². The Bertz CT molecular complexity index is 1050. The highest BCUT2D eigenvalue weighted by Crippen LogP contribution is 2.31. The molecular weight excluding hydrogens is 366 g/mol. The number of nitriles is 1. The number of nitrogens with zero attached hydrogens (tertiary/aromatic N) is 4. The van der Waals surface area contributed by atoms with Crippen molar-refractivity contribution in [1.82, 2.24) is 15.0 Å². The van der Waals surface area contributed by atoms with Gasteiger partial charge in [0.15, 0.2) is 0 Å². The fourth-order valence-electron chi connectivity index (χ4n) is 3.53. The lowest BCUT2D eigenvalue weighted by Crippen LogP contribution is -2.41. The molecular formula is C22H21N5O2. The highest BCUT2D eigenvalue weighted by molar-refractivity contribution is 5.89. The number of carbonyl (C=O) groups is 1. The summed E-state index contributed by atoms with van der Waals surface area (Å²) in [7, 11) is 0. The molecule has 4 rings (SSSR count). The number of aromatic nitrogens is 2. The van der Waals surface area contributed by atoms with Crippen molar-refractivity contribution in [2.75, 3.05) is 11.9 Å². The van der Waals surface area contributed by atoms with Crippen LogP contribution in [0.25, 0.3) is 11.4 Å². The van der Waals surface area contributed by atoms with Crippen molar-refractivity contribution in [2.45, 2.75) is 32.2 Å². The van der Waals surface area contributed by atoms with Gasteiger partial charge in [-0.05, 0) is 56.5 Å². The molecule has 29 heavy (non-hydrogen) atoms. The summed E-state index contributed by atoms with van der Waals surface area (Å²) in [6.45, 7) is 2.63. The summed E-state index contributed by atoms with van der Waals surface area (Å²) in [5, 5.41) is 15.9. The molecule has 1 aromatic heterocycles. The van der Waals surface area contributed by atoms with Gasteiger partial charge in [0.2, 0.25) is 11.7 Å². The zero-order valence-electron chi connectivity index (χ0n) is 16.1. The van der Waals surface area contributed by atoms with Gasteiger partial charge < -0.3 is 14.7 Å². The van der Waals surface area contributed by atoms with E-state index in [2.05, 4.69) is 21.5 Å². The Morgan fingerprint density at radius 1 is 1.24 bits per heavy atom. The predicted octanol–water partition coefficient (Wildman–Crippen LogP) is 4.68. The Labute approximate surface area is 169 Å². The molecule has 1 fully saturated rings. The van der Waals surface area contributed by atoms with Crippen molar-refractivity contribution in [1.29, 1.82) is 5.26 Å².